The summed E-state index contributed by atoms with van der Waals surface area (Å²) in [6, 6.07) is 4.15. The smallest absolute Gasteiger partial charge is 0.159 e. The lowest BCUT2D eigenvalue weighted by molar-refractivity contribution is 0.000400. The minimum atomic E-state index is -0.786. The minimum Gasteiger partial charge on any atom is -0.393 e. The van der Waals surface area contributed by atoms with Crippen LogP contribution in [0.3, 0.4) is 0 Å². The van der Waals surface area contributed by atoms with Crippen LogP contribution in [-0.2, 0) is 6.42 Å². The fourth-order valence-corrected chi connectivity index (χ4v) is 4.07. The Balaban J connectivity index is 1.54. The molecule has 1 aromatic carbocycles. The first-order valence-corrected chi connectivity index (χ1v) is 8.48. The molecular weight excluding hydrogens is 284 g/mol. The number of likely N-dealkylation sites (tertiary alicyclic amines) is 1. The summed E-state index contributed by atoms with van der Waals surface area (Å²) in [7, 11) is 0. The number of aliphatic hydroxyl groups is 1. The maximum atomic E-state index is 13.2. The Morgan fingerprint density at radius 2 is 1.86 bits per heavy atom. The summed E-state index contributed by atoms with van der Waals surface area (Å²) in [6.07, 6.45) is 6.48. The molecule has 22 heavy (non-hydrogen) atoms. The van der Waals surface area contributed by atoms with E-state index in [4.69, 9.17) is 0 Å². The van der Waals surface area contributed by atoms with Gasteiger partial charge in [-0.15, -0.1) is 0 Å². The summed E-state index contributed by atoms with van der Waals surface area (Å²) >= 11 is 0. The molecule has 1 aromatic rings. The van der Waals surface area contributed by atoms with E-state index < -0.39 is 11.6 Å². The summed E-state index contributed by atoms with van der Waals surface area (Å²) in [4.78, 5) is 2.37. The Labute approximate surface area is 131 Å². The number of aliphatic hydroxyl groups excluding tert-OH is 1. The van der Waals surface area contributed by atoms with Gasteiger partial charge < -0.3 is 10.0 Å². The van der Waals surface area contributed by atoms with Gasteiger partial charge in [0.25, 0.3) is 0 Å². The topological polar surface area (TPSA) is 23.5 Å². The molecule has 2 atom stereocenters. The molecule has 2 aliphatic rings. The number of halogens is 2. The molecule has 1 saturated carbocycles. The third-order valence-corrected chi connectivity index (χ3v) is 5.41. The van der Waals surface area contributed by atoms with Crippen LogP contribution in [0.1, 0.15) is 37.7 Å². The van der Waals surface area contributed by atoms with Crippen molar-refractivity contribution in [3.8, 4) is 0 Å². The molecule has 1 aliphatic carbocycles. The summed E-state index contributed by atoms with van der Waals surface area (Å²) in [5.74, 6) is -0.496. The number of rotatable bonds is 4. The van der Waals surface area contributed by atoms with E-state index in [-0.39, 0.29) is 6.10 Å². The average molecular weight is 309 g/mol. The highest BCUT2D eigenvalue weighted by Gasteiger charge is 2.34. The summed E-state index contributed by atoms with van der Waals surface area (Å²) in [5, 5.41) is 10.3. The van der Waals surface area contributed by atoms with E-state index in [2.05, 4.69) is 4.90 Å². The number of piperidine rings is 1. The largest absolute Gasteiger partial charge is 0.393 e. The van der Waals surface area contributed by atoms with Gasteiger partial charge in [-0.2, -0.15) is 0 Å². The second-order valence-corrected chi connectivity index (χ2v) is 6.86. The van der Waals surface area contributed by atoms with Gasteiger partial charge in [0, 0.05) is 25.6 Å². The predicted molar refractivity (Wildman–Crippen MR) is 82.6 cm³/mol. The van der Waals surface area contributed by atoms with Crippen molar-refractivity contribution in [1.29, 1.82) is 0 Å². The van der Waals surface area contributed by atoms with Crippen molar-refractivity contribution in [2.75, 3.05) is 19.6 Å². The molecule has 0 radical (unpaired) electrons. The van der Waals surface area contributed by atoms with E-state index in [1.807, 2.05) is 0 Å². The Bertz CT molecular complexity index is 502. The van der Waals surface area contributed by atoms with Gasteiger partial charge in [-0.3, -0.25) is 0 Å². The van der Waals surface area contributed by atoms with Gasteiger partial charge in [-0.25, -0.2) is 8.78 Å². The maximum absolute atomic E-state index is 13.2. The highest BCUT2D eigenvalue weighted by Crippen LogP contribution is 2.36. The van der Waals surface area contributed by atoms with Crippen LogP contribution in [0, 0.1) is 23.5 Å². The standard InChI is InChI=1S/C18H25F2NO/c19-16-6-5-13(11-17(16)20)7-9-21-10-8-18(22)15(12-21)14-3-1-2-4-14/h5-6,11,14-15,18,22H,1-4,7-10,12H2/t15-,18+/m0/s1. The van der Waals surface area contributed by atoms with E-state index in [9.17, 15) is 13.9 Å². The molecule has 0 bridgehead atoms. The van der Waals surface area contributed by atoms with Gasteiger partial charge in [0.05, 0.1) is 6.10 Å². The SMILES string of the molecule is O[C@@H]1CCN(CCc2ccc(F)c(F)c2)C[C@H]1C1CCCC1. The zero-order chi connectivity index (χ0) is 15.5. The van der Waals surface area contributed by atoms with E-state index >= 15 is 0 Å². The van der Waals surface area contributed by atoms with Gasteiger partial charge in [-0.1, -0.05) is 31.7 Å². The predicted octanol–water partition coefficient (Wildman–Crippen LogP) is 3.38. The highest BCUT2D eigenvalue weighted by molar-refractivity contribution is 5.18. The van der Waals surface area contributed by atoms with E-state index in [1.165, 1.54) is 37.8 Å². The molecule has 0 spiro atoms. The lowest BCUT2D eigenvalue weighted by atomic mass is 9.82. The van der Waals surface area contributed by atoms with Crippen molar-refractivity contribution >= 4 is 0 Å². The molecule has 3 rings (SSSR count). The highest BCUT2D eigenvalue weighted by atomic mass is 19.2. The normalized spacial score (nSPS) is 27.4. The number of hydrogen-bond donors (Lipinski definition) is 1. The lowest BCUT2D eigenvalue weighted by Gasteiger charge is -2.39. The summed E-state index contributed by atoms with van der Waals surface area (Å²) in [5.41, 5.74) is 0.836. The quantitative estimate of drug-likeness (QED) is 0.921. The zero-order valence-electron chi connectivity index (χ0n) is 13.0. The second-order valence-electron chi connectivity index (χ2n) is 6.86. The molecule has 1 heterocycles. The number of nitrogens with zero attached hydrogens (tertiary/aromatic N) is 1. The number of benzene rings is 1. The van der Waals surface area contributed by atoms with Crippen LogP contribution >= 0.6 is 0 Å². The van der Waals surface area contributed by atoms with Crippen LogP contribution in [0.2, 0.25) is 0 Å². The molecule has 2 nitrogen and oxygen atoms in total. The van der Waals surface area contributed by atoms with Crippen LogP contribution in [-0.4, -0.2) is 35.7 Å². The first-order valence-electron chi connectivity index (χ1n) is 8.48. The van der Waals surface area contributed by atoms with Crippen molar-refractivity contribution in [2.45, 2.75) is 44.6 Å². The Morgan fingerprint density at radius 1 is 1.09 bits per heavy atom. The van der Waals surface area contributed by atoms with Gasteiger partial charge >= 0.3 is 0 Å². The second kappa shape index (κ2) is 7.05. The Kier molecular flexibility index (Phi) is 5.09. The minimum absolute atomic E-state index is 0.164. The van der Waals surface area contributed by atoms with Crippen LogP contribution in [0.15, 0.2) is 18.2 Å². The first-order chi connectivity index (χ1) is 10.6. The van der Waals surface area contributed by atoms with Crippen molar-refractivity contribution in [3.63, 3.8) is 0 Å². The third-order valence-electron chi connectivity index (χ3n) is 5.41. The van der Waals surface area contributed by atoms with Gasteiger partial charge in [0.15, 0.2) is 11.6 Å². The Hall–Kier alpha value is -1.00. The van der Waals surface area contributed by atoms with E-state index in [0.717, 1.165) is 38.0 Å². The molecule has 0 unspecified atom stereocenters. The monoisotopic (exact) mass is 309 g/mol. The fourth-order valence-electron chi connectivity index (χ4n) is 4.07. The van der Waals surface area contributed by atoms with Crippen LogP contribution in [0.4, 0.5) is 8.78 Å². The van der Waals surface area contributed by atoms with Crippen molar-refractivity contribution < 1.29 is 13.9 Å². The molecule has 1 aliphatic heterocycles. The molecule has 4 heteroatoms. The average Bonchev–Trinajstić information content (AvgIpc) is 3.04. The number of hydrogen-bond acceptors (Lipinski definition) is 2. The summed E-state index contributed by atoms with van der Waals surface area (Å²) < 4.78 is 26.2. The zero-order valence-corrected chi connectivity index (χ0v) is 13.0. The van der Waals surface area contributed by atoms with Gasteiger partial charge in [0.2, 0.25) is 0 Å². The van der Waals surface area contributed by atoms with Crippen LogP contribution < -0.4 is 0 Å². The van der Waals surface area contributed by atoms with E-state index in [1.54, 1.807) is 6.07 Å². The summed E-state index contributed by atoms with van der Waals surface area (Å²) in [6.45, 7) is 2.69. The molecule has 0 amide bonds. The van der Waals surface area contributed by atoms with Crippen LogP contribution in [0.25, 0.3) is 0 Å². The molecule has 0 aromatic heterocycles. The molecule has 2 fully saturated rings. The Morgan fingerprint density at radius 3 is 2.59 bits per heavy atom. The maximum Gasteiger partial charge on any atom is 0.159 e. The molecule has 1 saturated heterocycles. The molecule has 122 valence electrons. The first kappa shape index (κ1) is 15.9. The van der Waals surface area contributed by atoms with Gasteiger partial charge in [0.1, 0.15) is 0 Å². The third kappa shape index (κ3) is 3.66. The lowest BCUT2D eigenvalue weighted by Crippen LogP contribution is -2.46. The van der Waals surface area contributed by atoms with Gasteiger partial charge in [-0.05, 0) is 36.5 Å². The van der Waals surface area contributed by atoms with Crippen molar-refractivity contribution in [3.05, 3.63) is 35.4 Å². The van der Waals surface area contributed by atoms with E-state index in [0.29, 0.717) is 11.8 Å². The molecule has 1 N–H and O–H groups in total. The van der Waals surface area contributed by atoms with Crippen molar-refractivity contribution in [1.82, 2.24) is 4.90 Å². The fraction of sp³-hybridized carbons (Fsp3) is 0.667. The molecular formula is C18H25F2NO. The van der Waals surface area contributed by atoms with Crippen molar-refractivity contribution in [2.24, 2.45) is 11.8 Å². The van der Waals surface area contributed by atoms with Crippen LogP contribution in [0.5, 0.6) is 0 Å².